The molecule has 1 amide bonds. The van der Waals surface area contributed by atoms with E-state index in [1.165, 1.54) is 23.1 Å². The maximum Gasteiger partial charge on any atom is 0.220 e. The molecular weight excluding hydrogens is 332 g/mol. The minimum atomic E-state index is 0. The second-order valence-corrected chi connectivity index (χ2v) is 6.74. The highest BCUT2D eigenvalue weighted by Crippen LogP contribution is 2.21. The third kappa shape index (κ3) is 5.87. The topological polar surface area (TPSA) is 41.1 Å². The molecule has 3 rings (SSSR count). The van der Waals surface area contributed by atoms with Crippen LogP contribution in [0, 0.1) is 12.8 Å². The third-order valence-corrected chi connectivity index (χ3v) is 4.74. The number of carbonyl (C=O) groups is 1. The second-order valence-electron chi connectivity index (χ2n) is 6.74. The first-order valence-electron chi connectivity index (χ1n) is 8.84. The van der Waals surface area contributed by atoms with E-state index in [1.54, 1.807) is 0 Å². The van der Waals surface area contributed by atoms with Crippen LogP contribution >= 0.6 is 12.4 Å². The minimum absolute atomic E-state index is 0. The Morgan fingerprint density at radius 2 is 1.96 bits per heavy atom. The van der Waals surface area contributed by atoms with E-state index in [0.29, 0.717) is 18.9 Å². The van der Waals surface area contributed by atoms with Crippen LogP contribution in [0.4, 0.5) is 0 Å². The van der Waals surface area contributed by atoms with Gasteiger partial charge in [-0.2, -0.15) is 0 Å². The maximum absolute atomic E-state index is 12.0. The average Bonchev–Trinajstić information content (AvgIpc) is 3.12. The Morgan fingerprint density at radius 3 is 2.64 bits per heavy atom. The fourth-order valence-corrected chi connectivity index (χ4v) is 3.22. The number of aryl methyl sites for hydroxylation is 1. The van der Waals surface area contributed by atoms with E-state index in [4.69, 9.17) is 0 Å². The molecule has 2 N–H and O–H groups in total. The van der Waals surface area contributed by atoms with Gasteiger partial charge in [0.1, 0.15) is 0 Å². The summed E-state index contributed by atoms with van der Waals surface area (Å²) in [6.07, 6.45) is 2.83. The van der Waals surface area contributed by atoms with Crippen LogP contribution in [0.25, 0.3) is 11.1 Å². The SMILES string of the molecule is Cc1cccc(-c2ccc(CNC(=O)CCC3CCNC3)cc2)c1.Cl. The van der Waals surface area contributed by atoms with E-state index in [9.17, 15) is 4.79 Å². The van der Waals surface area contributed by atoms with E-state index in [-0.39, 0.29) is 18.3 Å². The predicted octanol–water partition coefficient (Wildman–Crippen LogP) is 4.09. The zero-order chi connectivity index (χ0) is 16.8. The van der Waals surface area contributed by atoms with Crippen molar-refractivity contribution < 1.29 is 4.79 Å². The highest BCUT2D eigenvalue weighted by atomic mass is 35.5. The van der Waals surface area contributed by atoms with Crippen molar-refractivity contribution in [1.29, 1.82) is 0 Å². The van der Waals surface area contributed by atoms with Gasteiger partial charge in [0.15, 0.2) is 0 Å². The summed E-state index contributed by atoms with van der Waals surface area (Å²) in [7, 11) is 0. The quantitative estimate of drug-likeness (QED) is 0.816. The summed E-state index contributed by atoms with van der Waals surface area (Å²) in [4.78, 5) is 12.0. The predicted molar refractivity (Wildman–Crippen MR) is 106 cm³/mol. The van der Waals surface area contributed by atoms with Crippen molar-refractivity contribution in [2.45, 2.75) is 32.7 Å². The van der Waals surface area contributed by atoms with Gasteiger partial charge in [-0.15, -0.1) is 12.4 Å². The number of amides is 1. The van der Waals surface area contributed by atoms with Gasteiger partial charge >= 0.3 is 0 Å². The summed E-state index contributed by atoms with van der Waals surface area (Å²) in [5, 5.41) is 6.38. The molecule has 0 aliphatic carbocycles. The summed E-state index contributed by atoms with van der Waals surface area (Å²) in [6, 6.07) is 16.9. The fourth-order valence-electron chi connectivity index (χ4n) is 3.22. The average molecular weight is 359 g/mol. The molecule has 1 unspecified atom stereocenters. The van der Waals surface area contributed by atoms with E-state index >= 15 is 0 Å². The van der Waals surface area contributed by atoms with Crippen LogP contribution in [0.5, 0.6) is 0 Å². The fraction of sp³-hybridized carbons (Fsp3) is 0.381. The number of hydrogen-bond donors (Lipinski definition) is 2. The lowest BCUT2D eigenvalue weighted by atomic mass is 10.0. The number of rotatable bonds is 6. The smallest absolute Gasteiger partial charge is 0.220 e. The van der Waals surface area contributed by atoms with Gasteiger partial charge in [-0.05, 0) is 55.5 Å². The Kier molecular flexibility index (Phi) is 7.48. The molecule has 0 aromatic heterocycles. The first-order chi connectivity index (χ1) is 11.7. The molecule has 0 radical (unpaired) electrons. The molecule has 1 aliphatic rings. The van der Waals surface area contributed by atoms with E-state index in [1.807, 2.05) is 0 Å². The van der Waals surface area contributed by atoms with Gasteiger partial charge in [-0.1, -0.05) is 54.1 Å². The number of hydrogen-bond acceptors (Lipinski definition) is 2. The molecule has 0 spiro atoms. The van der Waals surface area contributed by atoms with E-state index < -0.39 is 0 Å². The lowest BCUT2D eigenvalue weighted by Gasteiger charge is -2.09. The van der Waals surface area contributed by atoms with Crippen molar-refractivity contribution >= 4 is 18.3 Å². The Bertz CT molecular complexity index is 679. The monoisotopic (exact) mass is 358 g/mol. The van der Waals surface area contributed by atoms with Crippen molar-refractivity contribution in [3.05, 3.63) is 59.7 Å². The van der Waals surface area contributed by atoms with Gasteiger partial charge in [0.25, 0.3) is 0 Å². The Hall–Kier alpha value is -1.84. The molecule has 25 heavy (non-hydrogen) atoms. The molecular formula is C21H27ClN2O. The molecule has 1 aliphatic heterocycles. The number of carbonyl (C=O) groups excluding carboxylic acids is 1. The summed E-state index contributed by atoms with van der Waals surface area (Å²) in [6.45, 7) is 4.87. The van der Waals surface area contributed by atoms with Gasteiger partial charge in [0.05, 0.1) is 0 Å². The van der Waals surface area contributed by atoms with Gasteiger partial charge in [-0.3, -0.25) is 4.79 Å². The van der Waals surface area contributed by atoms with Crippen molar-refractivity contribution in [1.82, 2.24) is 10.6 Å². The summed E-state index contributed by atoms with van der Waals surface area (Å²) in [5.41, 5.74) is 4.85. The third-order valence-electron chi connectivity index (χ3n) is 4.74. The van der Waals surface area contributed by atoms with Crippen LogP contribution in [0.3, 0.4) is 0 Å². The highest BCUT2D eigenvalue weighted by molar-refractivity contribution is 5.85. The van der Waals surface area contributed by atoms with Gasteiger partial charge in [-0.25, -0.2) is 0 Å². The maximum atomic E-state index is 12.0. The number of benzene rings is 2. The highest BCUT2D eigenvalue weighted by Gasteiger charge is 2.15. The summed E-state index contributed by atoms with van der Waals surface area (Å²) >= 11 is 0. The van der Waals surface area contributed by atoms with Crippen LogP contribution in [0.15, 0.2) is 48.5 Å². The molecule has 1 fully saturated rings. The van der Waals surface area contributed by atoms with Gasteiger partial charge < -0.3 is 10.6 Å². The Labute approximate surface area is 156 Å². The largest absolute Gasteiger partial charge is 0.352 e. The van der Waals surface area contributed by atoms with E-state index in [0.717, 1.165) is 25.1 Å². The molecule has 2 aromatic carbocycles. The lowest BCUT2D eigenvalue weighted by Crippen LogP contribution is -2.23. The Morgan fingerprint density at radius 1 is 1.16 bits per heavy atom. The molecule has 1 saturated heterocycles. The molecule has 4 heteroatoms. The number of nitrogens with one attached hydrogen (secondary N) is 2. The van der Waals surface area contributed by atoms with Crippen molar-refractivity contribution in [2.24, 2.45) is 5.92 Å². The zero-order valence-corrected chi connectivity index (χ0v) is 15.6. The molecule has 2 aromatic rings. The van der Waals surface area contributed by atoms with Crippen LogP contribution in [0.1, 0.15) is 30.4 Å². The van der Waals surface area contributed by atoms with Crippen molar-refractivity contribution in [3.8, 4) is 11.1 Å². The standard InChI is InChI=1S/C21H26N2O.ClH/c1-16-3-2-4-20(13-16)19-8-5-17(6-9-19)15-23-21(24)10-7-18-11-12-22-14-18;/h2-6,8-9,13,18,22H,7,10-12,14-15H2,1H3,(H,23,24);1H. The van der Waals surface area contributed by atoms with Gasteiger partial charge in [0, 0.05) is 13.0 Å². The van der Waals surface area contributed by atoms with Crippen LogP contribution in [-0.2, 0) is 11.3 Å². The summed E-state index contributed by atoms with van der Waals surface area (Å²) in [5.74, 6) is 0.828. The molecule has 1 atom stereocenters. The van der Waals surface area contributed by atoms with Crippen molar-refractivity contribution in [3.63, 3.8) is 0 Å². The zero-order valence-electron chi connectivity index (χ0n) is 14.8. The van der Waals surface area contributed by atoms with Gasteiger partial charge in [0.2, 0.25) is 5.91 Å². The Balaban J connectivity index is 0.00000225. The molecule has 0 saturated carbocycles. The molecule has 0 bridgehead atoms. The lowest BCUT2D eigenvalue weighted by molar-refractivity contribution is -0.121. The van der Waals surface area contributed by atoms with Crippen molar-refractivity contribution in [2.75, 3.05) is 13.1 Å². The second kappa shape index (κ2) is 9.59. The first-order valence-corrected chi connectivity index (χ1v) is 8.84. The molecule has 134 valence electrons. The summed E-state index contributed by atoms with van der Waals surface area (Å²) < 4.78 is 0. The first kappa shape index (κ1) is 19.5. The van der Waals surface area contributed by atoms with Crippen LogP contribution in [0.2, 0.25) is 0 Å². The minimum Gasteiger partial charge on any atom is -0.352 e. The van der Waals surface area contributed by atoms with E-state index in [2.05, 4.69) is 66.1 Å². The molecule has 3 nitrogen and oxygen atoms in total. The number of halogens is 1. The van der Waals surface area contributed by atoms with Crippen LogP contribution < -0.4 is 10.6 Å². The molecule has 1 heterocycles. The normalized spacial score (nSPS) is 16.3. The van der Waals surface area contributed by atoms with Crippen LogP contribution in [-0.4, -0.2) is 19.0 Å².